The molecule has 1 rings (SSSR count). The summed E-state index contributed by atoms with van der Waals surface area (Å²) < 4.78 is 5.24. The maximum absolute atomic E-state index is 12.6. The van der Waals surface area contributed by atoms with Gasteiger partial charge in [-0.05, 0) is 39.0 Å². The Bertz CT molecular complexity index is 380. The smallest absolute Gasteiger partial charge is 0.332 e. The van der Waals surface area contributed by atoms with Crippen molar-refractivity contribution in [1.82, 2.24) is 0 Å². The highest BCUT2D eigenvalue weighted by Gasteiger charge is 2.50. The largest absolute Gasteiger partial charge is 0.478 e. The molecule has 0 heterocycles. The molecule has 0 aromatic rings. The Balaban J connectivity index is 3.27. The third-order valence-electron chi connectivity index (χ3n) is 4.50. The van der Waals surface area contributed by atoms with Gasteiger partial charge in [0.15, 0.2) is 0 Å². The first-order valence-corrected chi connectivity index (χ1v) is 7.61. The molecule has 1 atom stereocenters. The van der Waals surface area contributed by atoms with E-state index in [1.54, 1.807) is 19.9 Å². The summed E-state index contributed by atoms with van der Waals surface area (Å²) >= 11 is 0. The molecule has 114 valence electrons. The van der Waals surface area contributed by atoms with Crippen LogP contribution in [-0.4, -0.2) is 23.7 Å². The van der Waals surface area contributed by atoms with Gasteiger partial charge in [-0.1, -0.05) is 32.3 Å². The summed E-state index contributed by atoms with van der Waals surface area (Å²) in [6.45, 7) is 5.62. The highest BCUT2D eigenvalue weighted by atomic mass is 16.5. The molecule has 20 heavy (non-hydrogen) atoms. The number of ether oxygens (including phenoxy) is 1. The molecule has 0 bridgehead atoms. The fourth-order valence-electron chi connectivity index (χ4n) is 3.55. The lowest BCUT2D eigenvalue weighted by Crippen LogP contribution is -2.44. The number of carboxylic acid groups (broad SMARTS) is 1. The van der Waals surface area contributed by atoms with E-state index in [0.717, 1.165) is 32.1 Å². The van der Waals surface area contributed by atoms with Crippen molar-refractivity contribution in [2.75, 3.05) is 6.61 Å². The summed E-state index contributed by atoms with van der Waals surface area (Å²) in [6, 6.07) is 0. The van der Waals surface area contributed by atoms with E-state index >= 15 is 0 Å². The molecule has 1 fully saturated rings. The molecule has 1 saturated carbocycles. The zero-order chi connectivity index (χ0) is 15.2. The van der Waals surface area contributed by atoms with Crippen LogP contribution in [0.1, 0.15) is 59.3 Å². The maximum Gasteiger partial charge on any atom is 0.332 e. The second-order valence-corrected chi connectivity index (χ2v) is 5.39. The van der Waals surface area contributed by atoms with Crippen molar-refractivity contribution in [2.24, 2.45) is 11.3 Å². The first-order valence-electron chi connectivity index (χ1n) is 7.61. The average molecular weight is 282 g/mol. The van der Waals surface area contributed by atoms with Gasteiger partial charge in [0.1, 0.15) is 5.41 Å². The minimum Gasteiger partial charge on any atom is -0.478 e. The van der Waals surface area contributed by atoms with Crippen molar-refractivity contribution >= 4 is 11.9 Å². The van der Waals surface area contributed by atoms with Gasteiger partial charge >= 0.3 is 11.9 Å². The van der Waals surface area contributed by atoms with Crippen LogP contribution < -0.4 is 0 Å². The van der Waals surface area contributed by atoms with Crippen LogP contribution in [-0.2, 0) is 14.3 Å². The van der Waals surface area contributed by atoms with Gasteiger partial charge in [0.05, 0.1) is 12.2 Å². The molecular formula is C16H26O4. The lowest BCUT2D eigenvalue weighted by molar-refractivity contribution is -0.160. The Labute approximate surface area is 121 Å². The molecule has 0 aromatic carbocycles. The van der Waals surface area contributed by atoms with Gasteiger partial charge in [-0.25, -0.2) is 4.79 Å². The highest BCUT2D eigenvalue weighted by molar-refractivity contribution is 5.97. The highest BCUT2D eigenvalue weighted by Crippen LogP contribution is 2.47. The van der Waals surface area contributed by atoms with Gasteiger partial charge in [-0.15, -0.1) is 0 Å². The number of esters is 1. The normalized spacial score (nSPS) is 20.2. The maximum atomic E-state index is 12.6. The number of hydrogen-bond acceptors (Lipinski definition) is 3. The molecule has 0 aliphatic heterocycles. The quantitative estimate of drug-likeness (QED) is 0.597. The molecule has 1 aliphatic rings. The first kappa shape index (κ1) is 16.7. The van der Waals surface area contributed by atoms with E-state index in [1.165, 1.54) is 0 Å². The van der Waals surface area contributed by atoms with E-state index in [9.17, 15) is 14.7 Å². The second-order valence-electron chi connectivity index (χ2n) is 5.39. The van der Waals surface area contributed by atoms with Crippen LogP contribution in [0.4, 0.5) is 0 Å². The summed E-state index contributed by atoms with van der Waals surface area (Å²) in [7, 11) is 0. The van der Waals surface area contributed by atoms with Crippen molar-refractivity contribution in [3.63, 3.8) is 0 Å². The van der Waals surface area contributed by atoms with Gasteiger partial charge < -0.3 is 9.84 Å². The number of aliphatic carboxylic acids is 1. The lowest BCUT2D eigenvalue weighted by atomic mass is 9.63. The summed E-state index contributed by atoms with van der Waals surface area (Å²) in [6.07, 6.45) is 7.12. The third kappa shape index (κ3) is 3.05. The molecule has 0 aromatic heterocycles. The number of carboxylic acids is 1. The number of hydrogen-bond donors (Lipinski definition) is 1. The molecule has 1 aliphatic carbocycles. The second kappa shape index (κ2) is 7.46. The lowest BCUT2D eigenvalue weighted by Gasteiger charge is -2.40. The number of carbonyl (C=O) groups excluding carboxylic acids is 1. The van der Waals surface area contributed by atoms with E-state index in [1.807, 2.05) is 6.92 Å². The Hall–Kier alpha value is -1.32. The molecule has 0 spiro atoms. The molecule has 1 unspecified atom stereocenters. The predicted molar refractivity (Wildman–Crippen MR) is 77.3 cm³/mol. The van der Waals surface area contributed by atoms with Crippen LogP contribution >= 0.6 is 0 Å². The summed E-state index contributed by atoms with van der Waals surface area (Å²) in [4.78, 5) is 24.2. The van der Waals surface area contributed by atoms with E-state index in [2.05, 4.69) is 0 Å². The Kier molecular flexibility index (Phi) is 6.24. The number of allylic oxidation sites excluding steroid dienone is 1. The Morgan fingerprint density at radius 2 is 1.85 bits per heavy atom. The molecule has 1 N–H and O–H groups in total. The summed E-state index contributed by atoms with van der Waals surface area (Å²) in [5.74, 6) is -1.31. The minimum absolute atomic E-state index is 0.0719. The van der Waals surface area contributed by atoms with Crippen LogP contribution in [0, 0.1) is 11.3 Å². The Morgan fingerprint density at radius 3 is 2.25 bits per heavy atom. The van der Waals surface area contributed by atoms with E-state index < -0.39 is 11.4 Å². The van der Waals surface area contributed by atoms with Gasteiger partial charge in [-0.3, -0.25) is 4.79 Å². The van der Waals surface area contributed by atoms with Gasteiger partial charge in [-0.2, -0.15) is 0 Å². The monoisotopic (exact) mass is 282 g/mol. The molecule has 0 amide bonds. The zero-order valence-corrected chi connectivity index (χ0v) is 12.8. The fraction of sp³-hybridized carbons (Fsp3) is 0.750. The summed E-state index contributed by atoms with van der Waals surface area (Å²) in [5.41, 5.74) is -0.790. The minimum atomic E-state index is -1.01. The van der Waals surface area contributed by atoms with Crippen molar-refractivity contribution in [3.05, 3.63) is 11.6 Å². The van der Waals surface area contributed by atoms with Gasteiger partial charge in [0, 0.05) is 0 Å². The number of carbonyl (C=O) groups is 2. The Morgan fingerprint density at radius 1 is 1.25 bits per heavy atom. The van der Waals surface area contributed by atoms with Crippen molar-refractivity contribution in [1.29, 1.82) is 0 Å². The fourth-order valence-corrected chi connectivity index (χ4v) is 3.55. The zero-order valence-electron chi connectivity index (χ0n) is 12.8. The van der Waals surface area contributed by atoms with Crippen LogP contribution in [0.15, 0.2) is 11.6 Å². The number of rotatable bonds is 6. The van der Waals surface area contributed by atoms with E-state index in [-0.39, 0.29) is 24.1 Å². The van der Waals surface area contributed by atoms with Crippen LogP contribution in [0.5, 0.6) is 0 Å². The van der Waals surface area contributed by atoms with Gasteiger partial charge in [0.2, 0.25) is 0 Å². The van der Waals surface area contributed by atoms with Crippen LogP contribution in [0.3, 0.4) is 0 Å². The standard InChI is InChI=1S/C16H26O4/c1-4-13(14(17)18)16(5-2,15(19)20-6-3)12-10-8-7-9-11-12/h4,12H,5-11H2,1-3H3,(H,17,18). The molecule has 0 saturated heterocycles. The van der Waals surface area contributed by atoms with Crippen LogP contribution in [0.25, 0.3) is 0 Å². The molecule has 4 nitrogen and oxygen atoms in total. The predicted octanol–water partition coefficient (Wildman–Crippen LogP) is 3.56. The SMILES string of the molecule is CC=C(C(=O)O)C(CC)(C(=O)OCC)C1CCCCC1. The van der Waals surface area contributed by atoms with Crippen LogP contribution in [0.2, 0.25) is 0 Å². The molecular weight excluding hydrogens is 256 g/mol. The molecule has 4 heteroatoms. The summed E-state index contributed by atoms with van der Waals surface area (Å²) in [5, 5.41) is 9.51. The van der Waals surface area contributed by atoms with E-state index in [0.29, 0.717) is 6.42 Å². The molecule has 0 radical (unpaired) electrons. The average Bonchev–Trinajstić information content (AvgIpc) is 2.45. The topological polar surface area (TPSA) is 63.6 Å². The van der Waals surface area contributed by atoms with Crippen molar-refractivity contribution < 1.29 is 19.4 Å². The van der Waals surface area contributed by atoms with Crippen molar-refractivity contribution in [2.45, 2.75) is 59.3 Å². The third-order valence-corrected chi connectivity index (χ3v) is 4.50. The van der Waals surface area contributed by atoms with Crippen molar-refractivity contribution in [3.8, 4) is 0 Å². The van der Waals surface area contributed by atoms with Gasteiger partial charge in [0.25, 0.3) is 0 Å². The first-order chi connectivity index (χ1) is 9.54. The van der Waals surface area contributed by atoms with E-state index in [4.69, 9.17) is 4.74 Å².